The van der Waals surface area contributed by atoms with Crippen molar-refractivity contribution in [3.8, 4) is 0 Å². The number of hydrogen-bond acceptors (Lipinski definition) is 5. The number of carbonyl (C=O) groups excluding carboxylic acids is 1. The van der Waals surface area contributed by atoms with E-state index < -0.39 is 17.2 Å². The Hall–Kier alpha value is -3.23. The van der Waals surface area contributed by atoms with Crippen molar-refractivity contribution in [2.24, 2.45) is 5.10 Å². The Morgan fingerprint density at radius 1 is 1.25 bits per heavy atom. The van der Waals surface area contributed by atoms with Crippen LogP contribution in [-0.4, -0.2) is 42.9 Å². The summed E-state index contributed by atoms with van der Waals surface area (Å²) in [6.45, 7) is 5.33. The van der Waals surface area contributed by atoms with Gasteiger partial charge in [0.15, 0.2) is 0 Å². The van der Waals surface area contributed by atoms with Gasteiger partial charge in [0.2, 0.25) is 5.43 Å². The average Bonchev–Trinajstić information content (AvgIpc) is 2.81. The molecule has 1 fully saturated rings. The number of fused-ring (bicyclic) bond motifs is 1. The molecule has 1 amide bonds. The third kappa shape index (κ3) is 4.51. The van der Waals surface area contributed by atoms with E-state index in [0.29, 0.717) is 35.9 Å². The molecule has 4 rings (SSSR count). The number of carbonyl (C=O) groups is 1. The SMILES string of the molecule is CCn1cc(C(=O)N/N=C/c2ccc(Cl)cc2)c(=O)c2cc(F)c(N3CCNCC3)cc21. The van der Waals surface area contributed by atoms with E-state index >= 15 is 0 Å². The summed E-state index contributed by atoms with van der Waals surface area (Å²) in [5, 5.41) is 7.91. The zero-order valence-electron chi connectivity index (χ0n) is 17.6. The molecule has 7 nitrogen and oxygen atoms in total. The van der Waals surface area contributed by atoms with Gasteiger partial charge in [-0.05, 0) is 36.8 Å². The molecule has 1 saturated heterocycles. The minimum Gasteiger partial charge on any atom is -0.367 e. The first-order valence-corrected chi connectivity index (χ1v) is 10.8. The molecule has 0 unspecified atom stereocenters. The van der Waals surface area contributed by atoms with Gasteiger partial charge in [0.05, 0.1) is 17.4 Å². The van der Waals surface area contributed by atoms with E-state index in [2.05, 4.69) is 15.8 Å². The third-order valence-corrected chi connectivity index (χ3v) is 5.69. The van der Waals surface area contributed by atoms with Gasteiger partial charge >= 0.3 is 0 Å². The molecule has 32 heavy (non-hydrogen) atoms. The van der Waals surface area contributed by atoms with E-state index in [9.17, 15) is 14.0 Å². The molecule has 2 N–H and O–H groups in total. The first kappa shape index (κ1) is 22.0. The monoisotopic (exact) mass is 455 g/mol. The van der Waals surface area contributed by atoms with Crippen LogP contribution in [0.3, 0.4) is 0 Å². The van der Waals surface area contributed by atoms with E-state index in [0.717, 1.165) is 18.7 Å². The maximum atomic E-state index is 14.9. The molecule has 3 aromatic rings. The van der Waals surface area contributed by atoms with E-state index in [1.165, 1.54) is 18.5 Å². The lowest BCUT2D eigenvalue weighted by Crippen LogP contribution is -2.43. The van der Waals surface area contributed by atoms with Gasteiger partial charge < -0.3 is 14.8 Å². The largest absolute Gasteiger partial charge is 0.367 e. The quantitative estimate of drug-likeness (QED) is 0.458. The van der Waals surface area contributed by atoms with Crippen LogP contribution in [0.4, 0.5) is 10.1 Å². The number of benzene rings is 2. The number of pyridine rings is 1. The van der Waals surface area contributed by atoms with E-state index in [4.69, 9.17) is 11.6 Å². The normalized spacial score (nSPS) is 14.3. The summed E-state index contributed by atoms with van der Waals surface area (Å²) in [6.07, 6.45) is 2.95. The van der Waals surface area contributed by atoms with Gasteiger partial charge in [-0.3, -0.25) is 9.59 Å². The Morgan fingerprint density at radius 3 is 2.66 bits per heavy atom. The van der Waals surface area contributed by atoms with Gasteiger partial charge in [0.1, 0.15) is 11.4 Å². The van der Waals surface area contributed by atoms with Gasteiger partial charge in [-0.15, -0.1) is 0 Å². The zero-order valence-corrected chi connectivity index (χ0v) is 18.3. The van der Waals surface area contributed by atoms with Crippen molar-refractivity contribution < 1.29 is 9.18 Å². The lowest BCUT2D eigenvalue weighted by molar-refractivity contribution is 0.0953. The number of amides is 1. The van der Waals surface area contributed by atoms with E-state index in [-0.39, 0.29) is 10.9 Å². The molecular weight excluding hydrogens is 433 g/mol. The van der Waals surface area contributed by atoms with Crippen LogP contribution in [0.1, 0.15) is 22.8 Å². The van der Waals surface area contributed by atoms with Crippen LogP contribution in [-0.2, 0) is 6.54 Å². The second-order valence-corrected chi connectivity index (χ2v) is 7.90. The number of piperazine rings is 1. The summed E-state index contributed by atoms with van der Waals surface area (Å²) < 4.78 is 16.7. The fraction of sp³-hybridized carbons (Fsp3) is 0.261. The molecule has 0 atom stereocenters. The van der Waals surface area contributed by atoms with Crippen LogP contribution >= 0.6 is 11.6 Å². The van der Waals surface area contributed by atoms with Crippen molar-refractivity contribution in [3.05, 3.63) is 74.8 Å². The minimum atomic E-state index is -0.657. The third-order valence-electron chi connectivity index (χ3n) is 5.44. The van der Waals surface area contributed by atoms with Crippen LogP contribution in [0.5, 0.6) is 0 Å². The molecule has 0 radical (unpaired) electrons. The first-order valence-electron chi connectivity index (χ1n) is 10.4. The number of aryl methyl sites for hydroxylation is 1. The fourth-order valence-corrected chi connectivity index (χ4v) is 3.87. The first-order chi connectivity index (χ1) is 15.5. The van der Waals surface area contributed by atoms with Crippen molar-refractivity contribution in [1.29, 1.82) is 0 Å². The zero-order chi connectivity index (χ0) is 22.7. The molecule has 2 heterocycles. The number of hydrogen-bond donors (Lipinski definition) is 2. The number of nitrogens with zero attached hydrogens (tertiary/aromatic N) is 3. The lowest BCUT2D eigenvalue weighted by atomic mass is 10.1. The molecule has 1 aromatic heterocycles. The molecular formula is C23H23ClFN5O2. The molecule has 1 aliphatic rings. The van der Waals surface area contributed by atoms with Crippen LogP contribution in [0.25, 0.3) is 10.9 Å². The minimum absolute atomic E-state index is 0.0954. The Labute approximate surface area is 189 Å². The lowest BCUT2D eigenvalue weighted by Gasteiger charge is -2.30. The van der Waals surface area contributed by atoms with Crippen molar-refractivity contribution in [3.63, 3.8) is 0 Å². The van der Waals surface area contributed by atoms with Crippen LogP contribution < -0.4 is 21.1 Å². The molecule has 0 spiro atoms. The highest BCUT2D eigenvalue weighted by Crippen LogP contribution is 2.25. The molecule has 0 saturated carbocycles. The maximum Gasteiger partial charge on any atom is 0.276 e. The molecule has 166 valence electrons. The molecule has 9 heteroatoms. The smallest absolute Gasteiger partial charge is 0.276 e. The van der Waals surface area contributed by atoms with Crippen LogP contribution in [0.15, 0.2) is 52.5 Å². The standard InChI is InChI=1S/C23H23ClFN5O2/c1-2-29-14-18(23(32)28-27-13-15-3-5-16(24)6-4-15)22(31)17-11-19(25)21(12-20(17)29)30-9-7-26-8-10-30/h3-6,11-14,26H,2,7-10H2,1H3,(H,28,32)/b27-13+. The Morgan fingerprint density at radius 2 is 1.97 bits per heavy atom. The van der Waals surface area contributed by atoms with Gasteiger partial charge in [0, 0.05) is 49.3 Å². The van der Waals surface area contributed by atoms with Crippen molar-refractivity contribution in [2.75, 3.05) is 31.1 Å². The van der Waals surface area contributed by atoms with Gasteiger partial charge in [-0.2, -0.15) is 5.10 Å². The topological polar surface area (TPSA) is 78.7 Å². The number of anilines is 1. The number of nitrogens with one attached hydrogen (secondary N) is 2. The molecule has 2 aromatic carbocycles. The summed E-state index contributed by atoms with van der Waals surface area (Å²) in [7, 11) is 0. The Balaban J connectivity index is 1.66. The summed E-state index contributed by atoms with van der Waals surface area (Å²) in [4.78, 5) is 27.6. The Bertz CT molecular complexity index is 1230. The number of rotatable bonds is 5. The molecule has 0 bridgehead atoms. The second kappa shape index (κ2) is 9.50. The Kier molecular flexibility index (Phi) is 6.53. The fourth-order valence-electron chi connectivity index (χ4n) is 3.75. The summed E-state index contributed by atoms with van der Waals surface area (Å²) in [6, 6.07) is 9.83. The maximum absolute atomic E-state index is 14.9. The number of hydrazone groups is 1. The molecule has 0 aliphatic carbocycles. The van der Waals surface area contributed by atoms with Crippen LogP contribution in [0, 0.1) is 5.82 Å². The summed E-state index contributed by atoms with van der Waals surface area (Å²) >= 11 is 5.85. The van der Waals surface area contributed by atoms with Gasteiger partial charge in [-0.25, -0.2) is 9.82 Å². The predicted molar refractivity (Wildman–Crippen MR) is 125 cm³/mol. The number of aromatic nitrogens is 1. The predicted octanol–water partition coefficient (Wildman–Crippen LogP) is 2.99. The summed E-state index contributed by atoms with van der Waals surface area (Å²) in [5.74, 6) is -1.13. The highest BCUT2D eigenvalue weighted by molar-refractivity contribution is 6.30. The average molecular weight is 456 g/mol. The van der Waals surface area contributed by atoms with Crippen molar-refractivity contribution >= 4 is 40.3 Å². The van der Waals surface area contributed by atoms with Crippen molar-refractivity contribution in [1.82, 2.24) is 15.3 Å². The summed E-state index contributed by atoms with van der Waals surface area (Å²) in [5.41, 5.74) is 3.54. The van der Waals surface area contributed by atoms with Crippen LogP contribution in [0.2, 0.25) is 5.02 Å². The van der Waals surface area contributed by atoms with Gasteiger partial charge in [0.25, 0.3) is 5.91 Å². The van der Waals surface area contributed by atoms with E-state index in [1.807, 2.05) is 11.8 Å². The highest BCUT2D eigenvalue weighted by atomic mass is 35.5. The second-order valence-electron chi connectivity index (χ2n) is 7.47. The number of halogens is 2. The molecule has 1 aliphatic heterocycles. The van der Waals surface area contributed by atoms with Crippen molar-refractivity contribution in [2.45, 2.75) is 13.5 Å². The van der Waals surface area contributed by atoms with Gasteiger partial charge in [-0.1, -0.05) is 23.7 Å². The van der Waals surface area contributed by atoms with E-state index in [1.54, 1.807) is 34.9 Å². The highest BCUT2D eigenvalue weighted by Gasteiger charge is 2.20.